The van der Waals surface area contributed by atoms with Gasteiger partial charge in [-0.1, -0.05) is 48.5 Å². The number of rotatable bonds is 9. The van der Waals surface area contributed by atoms with Gasteiger partial charge >= 0.3 is 5.97 Å². The molecule has 0 saturated heterocycles. The molecule has 0 radical (unpaired) electrons. The summed E-state index contributed by atoms with van der Waals surface area (Å²) >= 11 is 0. The molecule has 0 spiro atoms. The van der Waals surface area contributed by atoms with E-state index in [-0.39, 0.29) is 18.6 Å². The molecule has 0 fully saturated rings. The third-order valence-electron chi connectivity index (χ3n) is 4.08. The molecule has 0 saturated carbocycles. The summed E-state index contributed by atoms with van der Waals surface area (Å²) in [5.41, 5.74) is 1.46. The van der Waals surface area contributed by atoms with E-state index in [2.05, 4.69) is 5.32 Å². The summed E-state index contributed by atoms with van der Waals surface area (Å²) in [5.74, 6) is -0.741. The molecule has 2 rings (SSSR count). The average Bonchev–Trinajstić information content (AvgIpc) is 2.68. The number of carbonyl (C=O) groups excluding carboxylic acids is 2. The Morgan fingerprint density at radius 3 is 2.23 bits per heavy atom. The molecule has 0 heterocycles. The number of esters is 1. The van der Waals surface area contributed by atoms with E-state index < -0.39 is 12.0 Å². The van der Waals surface area contributed by atoms with E-state index in [1.165, 1.54) is 0 Å². The fourth-order valence-corrected chi connectivity index (χ4v) is 2.42. The van der Waals surface area contributed by atoms with E-state index in [4.69, 9.17) is 9.47 Å². The van der Waals surface area contributed by atoms with E-state index in [9.17, 15) is 9.59 Å². The summed E-state index contributed by atoms with van der Waals surface area (Å²) in [6.45, 7) is 2.16. The Hall–Kier alpha value is -2.66. The van der Waals surface area contributed by atoms with Crippen LogP contribution in [0.3, 0.4) is 0 Å². The number of ether oxygens (including phenoxy) is 2. The molecule has 2 aromatic carbocycles. The van der Waals surface area contributed by atoms with Gasteiger partial charge in [0.1, 0.15) is 6.04 Å². The molecule has 1 N–H and O–H groups in total. The Labute approximate surface area is 154 Å². The largest absolute Gasteiger partial charge is 0.464 e. The van der Waals surface area contributed by atoms with Crippen molar-refractivity contribution in [3.05, 3.63) is 71.8 Å². The monoisotopic (exact) mass is 355 g/mol. The molecule has 2 atom stereocenters. The molecule has 138 valence electrons. The molecule has 26 heavy (non-hydrogen) atoms. The Morgan fingerprint density at radius 1 is 1.00 bits per heavy atom. The first-order valence-electron chi connectivity index (χ1n) is 8.69. The number of amides is 1. The first-order chi connectivity index (χ1) is 12.6. The van der Waals surface area contributed by atoms with Gasteiger partial charge in [-0.2, -0.15) is 0 Å². The van der Waals surface area contributed by atoms with Crippen LogP contribution in [0.5, 0.6) is 0 Å². The van der Waals surface area contributed by atoms with Crippen LogP contribution in [0.1, 0.15) is 29.3 Å². The second kappa shape index (κ2) is 10.4. The summed E-state index contributed by atoms with van der Waals surface area (Å²) in [5, 5.41) is 2.79. The predicted molar refractivity (Wildman–Crippen MR) is 99.9 cm³/mol. The SMILES string of the molecule is COC(C)CCOC(=O)[C@@H](Cc1ccccc1)NC(=O)c1ccccc1. The third kappa shape index (κ3) is 6.33. The average molecular weight is 355 g/mol. The van der Waals surface area contributed by atoms with Crippen LogP contribution >= 0.6 is 0 Å². The van der Waals surface area contributed by atoms with Gasteiger partial charge in [-0.25, -0.2) is 4.79 Å². The molecule has 2 aromatic rings. The van der Waals surface area contributed by atoms with Crippen LogP contribution in [0.2, 0.25) is 0 Å². The molecule has 5 heteroatoms. The molecule has 5 nitrogen and oxygen atoms in total. The van der Waals surface area contributed by atoms with E-state index in [0.29, 0.717) is 18.4 Å². The van der Waals surface area contributed by atoms with Gasteiger partial charge in [-0.3, -0.25) is 4.79 Å². The van der Waals surface area contributed by atoms with Crippen LogP contribution in [0.15, 0.2) is 60.7 Å². The number of benzene rings is 2. The Bertz CT molecular complexity index is 688. The van der Waals surface area contributed by atoms with Crippen LogP contribution in [0.4, 0.5) is 0 Å². The van der Waals surface area contributed by atoms with Crippen molar-refractivity contribution >= 4 is 11.9 Å². The van der Waals surface area contributed by atoms with E-state index >= 15 is 0 Å². The van der Waals surface area contributed by atoms with Crippen LogP contribution in [-0.4, -0.2) is 37.7 Å². The first-order valence-corrected chi connectivity index (χ1v) is 8.69. The summed E-state index contributed by atoms with van der Waals surface area (Å²) in [7, 11) is 1.62. The van der Waals surface area contributed by atoms with Crippen molar-refractivity contribution in [2.24, 2.45) is 0 Å². The molecule has 0 bridgehead atoms. The van der Waals surface area contributed by atoms with Gasteiger partial charge < -0.3 is 14.8 Å². The highest BCUT2D eigenvalue weighted by atomic mass is 16.5. The smallest absolute Gasteiger partial charge is 0.328 e. The number of carbonyl (C=O) groups is 2. The zero-order valence-corrected chi connectivity index (χ0v) is 15.2. The first kappa shape index (κ1) is 19.7. The van der Waals surface area contributed by atoms with Crippen molar-refractivity contribution in [1.82, 2.24) is 5.32 Å². The third-order valence-corrected chi connectivity index (χ3v) is 4.08. The van der Waals surface area contributed by atoms with Crippen molar-refractivity contribution < 1.29 is 19.1 Å². The number of hydrogen-bond acceptors (Lipinski definition) is 4. The van der Waals surface area contributed by atoms with Crippen molar-refractivity contribution in [3.63, 3.8) is 0 Å². The fourth-order valence-electron chi connectivity index (χ4n) is 2.42. The highest BCUT2D eigenvalue weighted by Gasteiger charge is 2.23. The number of hydrogen-bond donors (Lipinski definition) is 1. The van der Waals surface area contributed by atoms with Crippen LogP contribution < -0.4 is 5.32 Å². The van der Waals surface area contributed by atoms with E-state index in [1.807, 2.05) is 43.3 Å². The minimum absolute atomic E-state index is 0.00860. The topological polar surface area (TPSA) is 64.6 Å². The molecular weight excluding hydrogens is 330 g/mol. The molecule has 0 aliphatic carbocycles. The molecule has 1 unspecified atom stereocenters. The summed E-state index contributed by atoms with van der Waals surface area (Å²) < 4.78 is 10.5. The maximum absolute atomic E-state index is 12.5. The fraction of sp³-hybridized carbons (Fsp3) is 0.333. The van der Waals surface area contributed by atoms with Gasteiger partial charge in [0.25, 0.3) is 5.91 Å². The zero-order valence-electron chi connectivity index (χ0n) is 15.2. The maximum Gasteiger partial charge on any atom is 0.328 e. The second-order valence-electron chi connectivity index (χ2n) is 6.08. The molecule has 0 aliphatic rings. The molecule has 0 aromatic heterocycles. The zero-order chi connectivity index (χ0) is 18.8. The molecule has 0 aliphatic heterocycles. The van der Waals surface area contributed by atoms with Gasteiger partial charge in [0.2, 0.25) is 0 Å². The quantitative estimate of drug-likeness (QED) is 0.703. The lowest BCUT2D eigenvalue weighted by atomic mass is 10.1. The molecular formula is C21H25NO4. The lowest BCUT2D eigenvalue weighted by molar-refractivity contribution is -0.146. The number of methoxy groups -OCH3 is 1. The van der Waals surface area contributed by atoms with Crippen LogP contribution in [-0.2, 0) is 20.7 Å². The maximum atomic E-state index is 12.5. The second-order valence-corrected chi connectivity index (χ2v) is 6.08. The summed E-state index contributed by atoms with van der Waals surface area (Å²) in [4.78, 5) is 24.9. The van der Waals surface area contributed by atoms with Crippen molar-refractivity contribution in [2.75, 3.05) is 13.7 Å². The Kier molecular flexibility index (Phi) is 7.83. The van der Waals surface area contributed by atoms with Crippen molar-refractivity contribution in [1.29, 1.82) is 0 Å². The predicted octanol–water partition coefficient (Wildman–Crippen LogP) is 3.00. The highest BCUT2D eigenvalue weighted by molar-refractivity contribution is 5.96. The van der Waals surface area contributed by atoms with Crippen molar-refractivity contribution in [3.8, 4) is 0 Å². The lowest BCUT2D eigenvalue weighted by Crippen LogP contribution is -2.43. The standard InChI is InChI=1S/C21H25NO4/c1-16(25-2)13-14-26-21(24)19(15-17-9-5-3-6-10-17)22-20(23)18-11-7-4-8-12-18/h3-12,16,19H,13-15H2,1-2H3,(H,22,23)/t16?,19-/m1/s1. The van der Waals surface area contributed by atoms with Gasteiger partial charge in [0, 0.05) is 25.5 Å². The number of nitrogens with one attached hydrogen (secondary N) is 1. The Balaban J connectivity index is 2.03. The molecule has 1 amide bonds. The van der Waals surface area contributed by atoms with Crippen molar-refractivity contribution in [2.45, 2.75) is 31.9 Å². The lowest BCUT2D eigenvalue weighted by Gasteiger charge is -2.18. The highest BCUT2D eigenvalue weighted by Crippen LogP contribution is 2.07. The van der Waals surface area contributed by atoms with Gasteiger partial charge in [0.05, 0.1) is 12.7 Å². The van der Waals surface area contributed by atoms with Gasteiger partial charge in [0.15, 0.2) is 0 Å². The van der Waals surface area contributed by atoms with E-state index in [0.717, 1.165) is 5.56 Å². The van der Waals surface area contributed by atoms with Crippen LogP contribution in [0.25, 0.3) is 0 Å². The van der Waals surface area contributed by atoms with E-state index in [1.54, 1.807) is 31.4 Å². The van der Waals surface area contributed by atoms with Gasteiger partial charge in [-0.05, 0) is 24.6 Å². The summed E-state index contributed by atoms with van der Waals surface area (Å²) in [6.07, 6.45) is 0.986. The minimum Gasteiger partial charge on any atom is -0.464 e. The summed E-state index contributed by atoms with van der Waals surface area (Å²) in [6, 6.07) is 17.6. The van der Waals surface area contributed by atoms with Gasteiger partial charge in [-0.15, -0.1) is 0 Å². The minimum atomic E-state index is -0.747. The Morgan fingerprint density at radius 2 is 1.62 bits per heavy atom. The van der Waals surface area contributed by atoms with Crippen LogP contribution in [0, 0.1) is 0 Å². The normalized spacial score (nSPS) is 12.8.